The van der Waals surface area contributed by atoms with Crippen molar-refractivity contribution in [2.24, 2.45) is 11.8 Å². The van der Waals surface area contributed by atoms with Crippen molar-refractivity contribution in [3.63, 3.8) is 0 Å². The molecule has 284 valence electrons. The topological polar surface area (TPSA) is 18.5 Å². The van der Waals surface area contributed by atoms with Crippen molar-refractivity contribution in [3.8, 4) is 11.5 Å². The van der Waals surface area contributed by atoms with Crippen LogP contribution in [0.3, 0.4) is 0 Å². The highest BCUT2D eigenvalue weighted by Gasteiger charge is 2.58. The van der Waals surface area contributed by atoms with Crippen LogP contribution in [-0.4, -0.2) is 5.79 Å². The van der Waals surface area contributed by atoms with Crippen molar-refractivity contribution in [1.29, 1.82) is 0 Å². The summed E-state index contributed by atoms with van der Waals surface area (Å²) in [6, 6.07) is 41.2. The molecule has 2 nitrogen and oxygen atoms in total. The Bertz CT molecular complexity index is 2140. The second kappa shape index (κ2) is 14.6. The minimum Gasteiger partial charge on any atom is -0.451 e. The molecule has 2 atom stereocenters. The Labute approximate surface area is 337 Å². The second-order valence-electron chi connectivity index (χ2n) is 16.8. The summed E-state index contributed by atoms with van der Waals surface area (Å²) in [5.41, 5.74) is 13.4. The van der Waals surface area contributed by atoms with E-state index >= 15 is 0 Å². The molecule has 0 radical (unpaired) electrons. The van der Waals surface area contributed by atoms with Gasteiger partial charge in [0.2, 0.25) is 0 Å². The van der Waals surface area contributed by atoms with Crippen LogP contribution in [0.2, 0.25) is 0 Å². The first-order valence-electron chi connectivity index (χ1n) is 20.5. The van der Waals surface area contributed by atoms with E-state index < -0.39 is 21.6 Å². The van der Waals surface area contributed by atoms with Crippen molar-refractivity contribution < 1.29 is 9.47 Å². The van der Waals surface area contributed by atoms with E-state index in [1.807, 2.05) is 0 Å². The lowest BCUT2D eigenvalue weighted by molar-refractivity contribution is -0.225. The van der Waals surface area contributed by atoms with E-state index in [1.165, 1.54) is 93.9 Å². The summed E-state index contributed by atoms with van der Waals surface area (Å²) in [5, 5.41) is 8.42. The normalized spacial score (nSPS) is 19.8. The Hall–Kier alpha value is -4.22. The number of hydrogen-bond acceptors (Lipinski definition) is 2. The summed E-state index contributed by atoms with van der Waals surface area (Å²) in [7, 11) is -1.84. The zero-order valence-electron chi connectivity index (χ0n) is 34.3. The van der Waals surface area contributed by atoms with E-state index in [0.717, 1.165) is 37.2 Å². The molecule has 4 heteroatoms. The molecule has 56 heavy (non-hydrogen) atoms. The molecule has 1 spiro atoms. The number of fused-ring (bicyclic) bond motifs is 2. The van der Waals surface area contributed by atoms with Crippen LogP contribution < -0.4 is 41.3 Å². The van der Waals surface area contributed by atoms with Crippen molar-refractivity contribution in [3.05, 3.63) is 165 Å². The fraction of sp³-hybridized carbons (Fsp3) is 0.308. The van der Waals surface area contributed by atoms with Gasteiger partial charge in [0.1, 0.15) is 11.5 Å². The molecule has 0 aromatic heterocycles. The third kappa shape index (κ3) is 6.06. The minimum atomic E-state index is -0.918. The van der Waals surface area contributed by atoms with Crippen molar-refractivity contribution in [1.82, 2.24) is 0 Å². The van der Waals surface area contributed by atoms with Gasteiger partial charge in [0, 0.05) is 22.4 Å². The quantitative estimate of drug-likeness (QED) is 0.157. The second-order valence-corrected chi connectivity index (χ2v) is 20.9. The average molecular weight is 773 g/mol. The first kappa shape index (κ1) is 37.4. The van der Waals surface area contributed by atoms with E-state index in [1.54, 1.807) is 0 Å². The predicted molar refractivity (Wildman–Crippen MR) is 240 cm³/mol. The van der Waals surface area contributed by atoms with E-state index in [9.17, 15) is 0 Å². The molecule has 0 saturated heterocycles. The van der Waals surface area contributed by atoms with Gasteiger partial charge in [-0.25, -0.2) is 0 Å². The molecule has 1 aliphatic carbocycles. The molecule has 0 bridgehead atoms. The molecule has 1 fully saturated rings. The van der Waals surface area contributed by atoms with Crippen LogP contribution >= 0.6 is 15.8 Å². The number of benzene rings is 6. The van der Waals surface area contributed by atoms with Gasteiger partial charge in [0.15, 0.2) is 0 Å². The van der Waals surface area contributed by atoms with Crippen LogP contribution in [0.25, 0.3) is 0 Å². The van der Waals surface area contributed by atoms with Crippen molar-refractivity contribution in [2.75, 3.05) is 0 Å². The van der Waals surface area contributed by atoms with Crippen molar-refractivity contribution in [2.45, 2.75) is 93.3 Å². The molecule has 3 aliphatic rings. The largest absolute Gasteiger partial charge is 0.451 e. The van der Waals surface area contributed by atoms with E-state index in [2.05, 4.69) is 165 Å². The Kier molecular flexibility index (Phi) is 9.75. The third-order valence-corrected chi connectivity index (χ3v) is 19.3. The van der Waals surface area contributed by atoms with Gasteiger partial charge in [-0.15, -0.1) is 0 Å². The highest BCUT2D eigenvalue weighted by atomic mass is 31.1. The maximum absolute atomic E-state index is 7.84. The summed E-state index contributed by atoms with van der Waals surface area (Å²) in [5.74, 6) is 1.97. The molecule has 0 N–H and O–H groups in total. The molecule has 6 aromatic rings. The van der Waals surface area contributed by atoms with Crippen LogP contribution in [0.5, 0.6) is 11.5 Å². The first-order valence-corrected chi connectivity index (χ1v) is 23.2. The molecule has 2 aliphatic heterocycles. The predicted octanol–water partition coefficient (Wildman–Crippen LogP) is 10.4. The van der Waals surface area contributed by atoms with Crippen LogP contribution in [0.1, 0.15) is 74.9 Å². The summed E-state index contributed by atoms with van der Waals surface area (Å²) >= 11 is 0. The molecule has 2 heterocycles. The van der Waals surface area contributed by atoms with Gasteiger partial charge in [-0.05, 0) is 174 Å². The fourth-order valence-electron chi connectivity index (χ4n) is 10.4. The van der Waals surface area contributed by atoms with Gasteiger partial charge in [0.25, 0.3) is 5.79 Å². The van der Waals surface area contributed by atoms with Crippen molar-refractivity contribution >= 4 is 47.7 Å². The van der Waals surface area contributed by atoms with E-state index in [4.69, 9.17) is 9.47 Å². The van der Waals surface area contributed by atoms with Crippen LogP contribution in [0, 0.1) is 67.2 Å². The van der Waals surface area contributed by atoms with E-state index in [-0.39, 0.29) is 11.8 Å². The van der Waals surface area contributed by atoms with Crippen LogP contribution in [0.4, 0.5) is 0 Å². The van der Waals surface area contributed by atoms with Gasteiger partial charge in [0.05, 0.1) is 0 Å². The van der Waals surface area contributed by atoms with Gasteiger partial charge >= 0.3 is 0 Å². The lowest BCUT2D eigenvalue weighted by Crippen LogP contribution is -2.62. The van der Waals surface area contributed by atoms with Gasteiger partial charge < -0.3 is 9.47 Å². The van der Waals surface area contributed by atoms with Gasteiger partial charge in [-0.2, -0.15) is 0 Å². The Balaban J connectivity index is 1.24. The Morgan fingerprint density at radius 2 is 0.696 bits per heavy atom. The molecule has 0 unspecified atom stereocenters. The smallest absolute Gasteiger partial charge is 0.257 e. The highest BCUT2D eigenvalue weighted by Crippen LogP contribution is 2.55. The maximum Gasteiger partial charge on any atom is 0.257 e. The molecule has 9 rings (SSSR count). The molecular weight excluding hydrogens is 719 g/mol. The maximum atomic E-state index is 7.84. The zero-order valence-corrected chi connectivity index (χ0v) is 36.1. The minimum absolute atomic E-state index is 0.281. The standard InChI is InChI=1S/C52H54O2P2/c1-32-16-9-17-33(2)48(32)55(49-34(3)18-10-19-35(49)4)44-28-13-24-40-30-42-26-15-27-43-31-41-25-14-29-45(47(41)54-52(42,43)53-46(40)44)56(50-36(5)20-11-21-37(50)6)51-38(7)22-12-23-39(51)8/h9-14,16-25,28-29,42-43H,15,26-27,30-31H2,1-8H3/t42-,43-,52?/m1/s1. The summed E-state index contributed by atoms with van der Waals surface area (Å²) in [4.78, 5) is 0. The fourth-order valence-corrected chi connectivity index (χ4v) is 16.5. The average Bonchev–Trinajstić information content (AvgIpc) is 3.16. The number of aryl methyl sites for hydroxylation is 8. The zero-order chi connectivity index (χ0) is 38.9. The highest BCUT2D eigenvalue weighted by molar-refractivity contribution is 7.80. The Morgan fingerprint density at radius 3 is 1.00 bits per heavy atom. The number of hydrogen-bond donors (Lipinski definition) is 0. The van der Waals surface area contributed by atoms with Gasteiger partial charge in [-0.1, -0.05) is 116 Å². The SMILES string of the molecule is Cc1cccc(C)c1P(c1cccc2c1OC13Oc4c(cccc4P(c4c(C)cccc4C)c4c(C)cccc4C)C[C@H]1CCC[C@@H]3C2)c1c(C)cccc1C. The van der Waals surface area contributed by atoms with Crippen LogP contribution in [0.15, 0.2) is 109 Å². The number of para-hydroxylation sites is 2. The lowest BCUT2D eigenvalue weighted by Gasteiger charge is -2.54. The molecular formula is C52H54O2P2. The molecule has 6 aromatic carbocycles. The van der Waals surface area contributed by atoms with Gasteiger partial charge in [-0.3, -0.25) is 0 Å². The monoisotopic (exact) mass is 772 g/mol. The van der Waals surface area contributed by atoms with E-state index in [0.29, 0.717) is 0 Å². The van der Waals surface area contributed by atoms with Crippen LogP contribution in [-0.2, 0) is 12.8 Å². The summed E-state index contributed by atoms with van der Waals surface area (Å²) < 4.78 is 15.7. The summed E-state index contributed by atoms with van der Waals surface area (Å²) in [6.45, 7) is 18.3. The Morgan fingerprint density at radius 1 is 0.411 bits per heavy atom. The lowest BCUT2D eigenvalue weighted by atomic mass is 9.68. The molecule has 0 amide bonds. The first-order chi connectivity index (χ1) is 27.1. The number of rotatable bonds is 6. The third-order valence-electron chi connectivity index (χ3n) is 13.0. The summed E-state index contributed by atoms with van der Waals surface area (Å²) in [6.07, 6.45) is 5.39. The molecule has 1 saturated carbocycles. The number of ether oxygens (including phenoxy) is 2.